The number of nitrogens with zero attached hydrogens (tertiary/aromatic N) is 9. The lowest BCUT2D eigenvalue weighted by Crippen LogP contribution is -1.93. The van der Waals surface area contributed by atoms with Crippen LogP contribution in [0, 0.1) is 23.0 Å². The second-order valence-corrected chi connectivity index (χ2v) is 17.6. The molecular formula is C72H61N9O9. The number of aliphatic imine (C=N–C) groups is 7. The van der Waals surface area contributed by atoms with Crippen LogP contribution in [0.25, 0.3) is 0 Å². The highest BCUT2D eigenvalue weighted by atomic mass is 16.5. The van der Waals surface area contributed by atoms with E-state index in [4.69, 9.17) is 20.0 Å². The smallest absolute Gasteiger partial charge is 0.292 e. The molecule has 0 spiro atoms. The Balaban J connectivity index is 0.000000371. The number of ether oxygens (including phenoxy) is 2. The van der Waals surface area contributed by atoms with Crippen molar-refractivity contribution < 1.29 is 43.0 Å². The summed E-state index contributed by atoms with van der Waals surface area (Å²) in [7, 11) is 0. The summed E-state index contributed by atoms with van der Waals surface area (Å²) in [5.74, 6) is 1.04. The van der Waals surface area contributed by atoms with E-state index in [0.29, 0.717) is 64.2 Å². The molecule has 18 heteroatoms. The standard InChI is InChI=1S/3C15H10N2O2.3C7H5NO.2C3H8/c16-10-19-15-7-3-13(4-8-15)9-12-1-5-14(6-2-12)17-11-18;16-10-19-15-8-4-2-6-13(15)9-12-5-1-3-7-14(12)17-11-18;18-10-16-14-7-5-12(6-8-14)9-13-3-1-2-4-15(13)17-11-19;3*9-6-8-7-4-2-1-3-5-7;2*1-3-2/h3*1-8H,9H2;3*1-5H;2*3H2,1-2H3. The van der Waals surface area contributed by atoms with Crippen LogP contribution in [-0.4, -0.2) is 42.6 Å². The first-order valence-electron chi connectivity index (χ1n) is 27.5. The molecule has 0 aliphatic rings. The van der Waals surface area contributed by atoms with Crippen LogP contribution in [-0.2, 0) is 52.8 Å². The molecule has 0 saturated heterocycles. The van der Waals surface area contributed by atoms with Gasteiger partial charge in [-0.25, -0.2) is 33.6 Å². The van der Waals surface area contributed by atoms with Gasteiger partial charge >= 0.3 is 0 Å². The molecule has 0 bridgehead atoms. The molecule has 0 aromatic heterocycles. The molecule has 9 aromatic rings. The van der Waals surface area contributed by atoms with Crippen molar-refractivity contribution in [2.24, 2.45) is 34.9 Å². The number of benzene rings is 9. The summed E-state index contributed by atoms with van der Waals surface area (Å²) in [5, 5.41) is 17.0. The van der Waals surface area contributed by atoms with E-state index in [0.717, 1.165) is 39.8 Å². The lowest BCUT2D eigenvalue weighted by atomic mass is 10.0. The molecule has 0 radical (unpaired) electrons. The number of hydrogen-bond donors (Lipinski definition) is 0. The van der Waals surface area contributed by atoms with Crippen LogP contribution in [0.3, 0.4) is 0 Å². The minimum atomic E-state index is 0.509. The molecule has 448 valence electrons. The van der Waals surface area contributed by atoms with Crippen LogP contribution in [0.2, 0.25) is 0 Å². The molecule has 9 rings (SSSR count). The van der Waals surface area contributed by atoms with Gasteiger partial charge in [0.2, 0.25) is 42.6 Å². The van der Waals surface area contributed by atoms with Gasteiger partial charge in [0.25, 0.3) is 12.5 Å². The summed E-state index contributed by atoms with van der Waals surface area (Å²) in [6.45, 7) is 8.50. The molecule has 0 N–H and O–H groups in total. The maximum absolute atomic E-state index is 10.4. The summed E-state index contributed by atoms with van der Waals surface area (Å²) in [4.78, 5) is 94.6. The van der Waals surface area contributed by atoms with E-state index < -0.39 is 0 Å². The fourth-order valence-electron chi connectivity index (χ4n) is 6.97. The van der Waals surface area contributed by atoms with Gasteiger partial charge in [-0.3, -0.25) is 0 Å². The topological polar surface area (TPSA) is 272 Å². The van der Waals surface area contributed by atoms with Gasteiger partial charge in [0, 0.05) is 12.0 Å². The monoisotopic (exact) mass is 1200 g/mol. The Morgan fingerprint density at radius 1 is 0.289 bits per heavy atom. The van der Waals surface area contributed by atoms with Crippen molar-refractivity contribution in [1.82, 2.24) is 0 Å². The number of hydrogen-bond acceptors (Lipinski definition) is 18. The van der Waals surface area contributed by atoms with Crippen LogP contribution in [0.4, 0.5) is 39.8 Å². The molecule has 0 heterocycles. The van der Waals surface area contributed by atoms with Crippen molar-refractivity contribution in [2.45, 2.75) is 59.8 Å². The molecule has 0 fully saturated rings. The van der Waals surface area contributed by atoms with Gasteiger partial charge in [0.05, 0.1) is 39.8 Å². The van der Waals surface area contributed by atoms with Gasteiger partial charge in [-0.2, -0.15) is 34.9 Å². The zero-order chi connectivity index (χ0) is 65.5. The van der Waals surface area contributed by atoms with E-state index in [-0.39, 0.29) is 0 Å². The Kier molecular flexibility index (Phi) is 39.6. The fraction of sp³-hybridized carbons (Fsp3) is 0.125. The minimum Gasteiger partial charge on any atom is -0.388 e. The Morgan fingerprint density at radius 2 is 0.567 bits per heavy atom. The lowest BCUT2D eigenvalue weighted by Gasteiger charge is -2.07. The summed E-state index contributed by atoms with van der Waals surface area (Å²) in [5.41, 5.74) is 10.2. The zero-order valence-electron chi connectivity index (χ0n) is 49.8. The first-order valence-corrected chi connectivity index (χ1v) is 27.5. The summed E-state index contributed by atoms with van der Waals surface area (Å²) < 4.78 is 9.62. The van der Waals surface area contributed by atoms with Crippen LogP contribution >= 0.6 is 0 Å². The number of carbonyl (C=O) groups excluding carboxylic acids is 7. The van der Waals surface area contributed by atoms with E-state index in [9.17, 15) is 33.6 Å². The average molecular weight is 1200 g/mol. The molecule has 0 unspecified atom stereocenters. The maximum atomic E-state index is 10.4. The highest BCUT2D eigenvalue weighted by Gasteiger charge is 2.08. The van der Waals surface area contributed by atoms with Crippen molar-refractivity contribution >= 4 is 82.4 Å². The minimum absolute atomic E-state index is 0.509. The lowest BCUT2D eigenvalue weighted by molar-refractivity contribution is 0.501. The SMILES string of the molecule is CCC.CCC.N#COc1ccc(Cc2ccc(N=C=O)cc2)cc1.N#COc1ccccc1Cc1ccccc1N=C=O.O=C=Nc1ccc(Cc2ccccc2N=C=O)cc1.O=C=Nc1ccccc1.O=C=Nc1ccccc1.O=C=Nc1ccccc1. The molecule has 18 nitrogen and oxygen atoms in total. The third kappa shape index (κ3) is 32.3. The Bertz CT molecular complexity index is 3840. The second kappa shape index (κ2) is 48.6. The van der Waals surface area contributed by atoms with Gasteiger partial charge in [-0.15, -0.1) is 10.5 Å². The highest BCUT2D eigenvalue weighted by Crippen LogP contribution is 2.27. The Labute approximate surface area is 522 Å². The van der Waals surface area contributed by atoms with Gasteiger partial charge in [-0.1, -0.05) is 186 Å². The molecule has 0 amide bonds. The third-order valence-electron chi connectivity index (χ3n) is 10.7. The van der Waals surface area contributed by atoms with Gasteiger partial charge < -0.3 is 9.47 Å². The van der Waals surface area contributed by atoms with Crippen molar-refractivity contribution in [3.63, 3.8) is 0 Å². The quantitative estimate of drug-likeness (QED) is 0.0528. The van der Waals surface area contributed by atoms with E-state index in [2.05, 4.69) is 62.6 Å². The predicted octanol–water partition coefficient (Wildman–Crippen LogP) is 17.2. The first kappa shape index (κ1) is 73.3. The number of para-hydroxylation sites is 6. The second-order valence-electron chi connectivity index (χ2n) is 17.6. The molecule has 0 atom stereocenters. The van der Waals surface area contributed by atoms with Crippen molar-refractivity contribution in [3.05, 3.63) is 270 Å². The van der Waals surface area contributed by atoms with Crippen LogP contribution in [0.1, 0.15) is 73.9 Å². The van der Waals surface area contributed by atoms with E-state index in [1.807, 2.05) is 133 Å². The normalized spacial score (nSPS) is 8.64. The van der Waals surface area contributed by atoms with Gasteiger partial charge in [-0.05, 0) is 132 Å². The predicted molar refractivity (Wildman–Crippen MR) is 345 cm³/mol. The summed E-state index contributed by atoms with van der Waals surface area (Å²) in [6, 6.07) is 70.8. The van der Waals surface area contributed by atoms with Gasteiger partial charge in [0.15, 0.2) is 0 Å². The first-order chi connectivity index (χ1) is 44.1. The molecule has 0 aliphatic heterocycles. The maximum Gasteiger partial charge on any atom is 0.292 e. The van der Waals surface area contributed by atoms with Crippen molar-refractivity contribution in [1.29, 1.82) is 10.5 Å². The molecule has 9 aromatic carbocycles. The van der Waals surface area contributed by atoms with Gasteiger partial charge in [0.1, 0.15) is 11.5 Å². The molecular weight excluding hydrogens is 1130 g/mol. The molecule has 0 aliphatic carbocycles. The Hall–Kier alpha value is -12.8. The Morgan fingerprint density at radius 3 is 0.911 bits per heavy atom. The zero-order valence-corrected chi connectivity index (χ0v) is 49.8. The molecule has 90 heavy (non-hydrogen) atoms. The van der Waals surface area contributed by atoms with Crippen molar-refractivity contribution in [2.75, 3.05) is 0 Å². The number of isocyanates is 7. The summed E-state index contributed by atoms with van der Waals surface area (Å²) in [6.07, 6.45) is 18.2. The van der Waals surface area contributed by atoms with E-state index in [1.165, 1.54) is 43.2 Å². The van der Waals surface area contributed by atoms with E-state index in [1.54, 1.807) is 128 Å². The third-order valence-corrected chi connectivity index (χ3v) is 10.7. The van der Waals surface area contributed by atoms with Crippen molar-refractivity contribution in [3.8, 4) is 24.0 Å². The fourth-order valence-corrected chi connectivity index (χ4v) is 6.97. The van der Waals surface area contributed by atoms with Crippen LogP contribution in [0.5, 0.6) is 11.5 Å². The number of rotatable bonds is 15. The average Bonchev–Trinajstić information content (AvgIpc) is 3.45. The molecule has 0 saturated carbocycles. The van der Waals surface area contributed by atoms with Crippen LogP contribution in [0.15, 0.2) is 272 Å². The largest absolute Gasteiger partial charge is 0.388 e. The van der Waals surface area contributed by atoms with Crippen LogP contribution < -0.4 is 9.47 Å². The number of nitriles is 2. The highest BCUT2D eigenvalue weighted by molar-refractivity contribution is 5.58. The van der Waals surface area contributed by atoms with E-state index >= 15 is 0 Å². The summed E-state index contributed by atoms with van der Waals surface area (Å²) >= 11 is 0.